The fourth-order valence-corrected chi connectivity index (χ4v) is 2.82. The number of benzene rings is 2. The highest BCUT2D eigenvalue weighted by atomic mass is 35.5. The van der Waals surface area contributed by atoms with Gasteiger partial charge in [0.05, 0.1) is 23.0 Å². The van der Waals surface area contributed by atoms with Gasteiger partial charge in [-0.3, -0.25) is 4.79 Å². The topological polar surface area (TPSA) is 64.2 Å². The molecule has 0 radical (unpaired) electrons. The molecule has 0 saturated heterocycles. The molecule has 0 atom stereocenters. The largest absolute Gasteiger partial charge is 0.493 e. The third-order valence-electron chi connectivity index (χ3n) is 3.86. The van der Waals surface area contributed by atoms with Crippen LogP contribution in [0.15, 0.2) is 41.2 Å². The number of hydrogen-bond acceptors (Lipinski definition) is 4. The lowest BCUT2D eigenvalue weighted by Gasteiger charge is -2.10. The summed E-state index contributed by atoms with van der Waals surface area (Å²) in [6.07, 6.45) is 1.54. The maximum atomic E-state index is 12.4. The zero-order valence-corrected chi connectivity index (χ0v) is 15.2. The van der Waals surface area contributed by atoms with Crippen LogP contribution in [-0.4, -0.2) is 23.7 Å². The highest BCUT2D eigenvalue weighted by molar-refractivity contribution is 6.50. The van der Waals surface area contributed by atoms with Crippen LogP contribution < -0.4 is 15.0 Å². The predicted molar refractivity (Wildman–Crippen MR) is 100 cm³/mol. The van der Waals surface area contributed by atoms with E-state index in [1.165, 1.54) is 25.3 Å². The molecule has 0 aliphatic rings. The Balaban J connectivity index is 2.02. The second-order valence-corrected chi connectivity index (χ2v) is 6.07. The van der Waals surface area contributed by atoms with Crippen molar-refractivity contribution in [3.05, 3.63) is 63.7 Å². The molecule has 0 aliphatic heterocycles. The monoisotopic (exact) mass is 392 g/mol. The van der Waals surface area contributed by atoms with Gasteiger partial charge >= 0.3 is 6.61 Å². The van der Waals surface area contributed by atoms with E-state index in [-0.39, 0.29) is 27.9 Å². The summed E-state index contributed by atoms with van der Waals surface area (Å²) in [5.41, 5.74) is 1.66. The Hall–Kier alpha value is -2.93. The number of alkyl halides is 2. The average Bonchev–Trinajstić information content (AvgIpc) is 2.63. The Labute approximate surface area is 158 Å². The lowest BCUT2D eigenvalue weighted by molar-refractivity contribution is -0.0512. The van der Waals surface area contributed by atoms with Crippen LogP contribution in [0.3, 0.4) is 0 Å². The molecule has 1 heterocycles. The molecule has 0 spiro atoms. The molecule has 3 rings (SSSR count). The Kier molecular flexibility index (Phi) is 5.41. The molecule has 27 heavy (non-hydrogen) atoms. The number of nitrogens with one attached hydrogen (secondary N) is 1. The highest BCUT2D eigenvalue weighted by Gasteiger charge is 2.12. The maximum Gasteiger partial charge on any atom is 0.387 e. The first-order chi connectivity index (χ1) is 12.9. The van der Waals surface area contributed by atoms with Gasteiger partial charge in [0, 0.05) is 0 Å². The minimum absolute atomic E-state index is 0.0892. The smallest absolute Gasteiger partial charge is 0.387 e. The summed E-state index contributed by atoms with van der Waals surface area (Å²) in [6, 6.07) is 9.69. The molecule has 0 aliphatic carbocycles. The molecule has 0 unspecified atom stereocenters. The van der Waals surface area contributed by atoms with E-state index in [0.717, 1.165) is 5.56 Å². The number of H-pyrrole nitrogens is 1. The van der Waals surface area contributed by atoms with Gasteiger partial charge < -0.3 is 14.5 Å². The van der Waals surface area contributed by atoms with Crippen molar-refractivity contribution in [3.8, 4) is 11.5 Å². The molecule has 1 N–H and O–H groups in total. The molecule has 5 nitrogen and oxygen atoms in total. The molecule has 0 saturated carbocycles. The van der Waals surface area contributed by atoms with Crippen molar-refractivity contribution in [2.75, 3.05) is 7.11 Å². The molecule has 1 aromatic heterocycles. The Morgan fingerprint density at radius 1 is 1.26 bits per heavy atom. The standard InChI is InChI=1S/C19H15ClF2N2O3/c1-10-4-3-5-12-16(10)23-17(24-18(12)25)13(20)8-11-6-7-14(27-19(21)22)15(9-11)26-2/h3-9,19H,1-2H3,(H,23,24,25)/b13-8-. The number of hydrogen-bond donors (Lipinski definition) is 1. The number of methoxy groups -OCH3 is 1. The van der Waals surface area contributed by atoms with Crippen LogP contribution >= 0.6 is 11.6 Å². The van der Waals surface area contributed by atoms with Crippen molar-refractivity contribution in [1.29, 1.82) is 0 Å². The van der Waals surface area contributed by atoms with E-state index in [4.69, 9.17) is 16.3 Å². The summed E-state index contributed by atoms with van der Waals surface area (Å²) in [6.45, 7) is -1.11. The van der Waals surface area contributed by atoms with E-state index in [2.05, 4.69) is 14.7 Å². The Morgan fingerprint density at radius 2 is 2.04 bits per heavy atom. The van der Waals surface area contributed by atoms with Gasteiger partial charge in [0.15, 0.2) is 17.3 Å². The lowest BCUT2D eigenvalue weighted by Crippen LogP contribution is -2.11. The number of aromatic amines is 1. The van der Waals surface area contributed by atoms with E-state index < -0.39 is 6.61 Å². The number of nitrogens with zero attached hydrogens (tertiary/aromatic N) is 1. The zero-order valence-electron chi connectivity index (χ0n) is 14.4. The van der Waals surface area contributed by atoms with Crippen molar-refractivity contribution < 1.29 is 18.3 Å². The second kappa shape index (κ2) is 7.75. The Morgan fingerprint density at radius 3 is 2.74 bits per heavy atom. The molecule has 140 valence electrons. The number of rotatable bonds is 5. The summed E-state index contributed by atoms with van der Waals surface area (Å²) in [4.78, 5) is 19.3. The third kappa shape index (κ3) is 4.09. The second-order valence-electron chi connectivity index (χ2n) is 5.67. The van der Waals surface area contributed by atoms with Gasteiger partial charge in [0.1, 0.15) is 0 Å². The summed E-state index contributed by atoms with van der Waals surface area (Å²) in [5.74, 6) is 0.244. The van der Waals surface area contributed by atoms with Gasteiger partial charge in [-0.15, -0.1) is 0 Å². The number of para-hydroxylation sites is 1. The van der Waals surface area contributed by atoms with Gasteiger partial charge in [-0.2, -0.15) is 8.78 Å². The predicted octanol–water partition coefficient (Wildman–Crippen LogP) is 4.58. The molecule has 8 heteroatoms. The summed E-state index contributed by atoms with van der Waals surface area (Å²) in [5, 5.41) is 0.653. The number of halogens is 3. The number of fused-ring (bicyclic) bond motifs is 1. The minimum atomic E-state index is -2.96. The van der Waals surface area contributed by atoms with E-state index in [9.17, 15) is 13.6 Å². The third-order valence-corrected chi connectivity index (χ3v) is 4.15. The molecular formula is C19H15ClF2N2O3. The van der Waals surface area contributed by atoms with Gasteiger partial charge in [0.2, 0.25) is 0 Å². The highest BCUT2D eigenvalue weighted by Crippen LogP contribution is 2.31. The van der Waals surface area contributed by atoms with E-state index in [1.54, 1.807) is 18.2 Å². The summed E-state index contributed by atoms with van der Waals surface area (Å²) >= 11 is 6.32. The van der Waals surface area contributed by atoms with Crippen molar-refractivity contribution in [2.45, 2.75) is 13.5 Å². The molecule has 0 fully saturated rings. The number of aromatic nitrogens is 2. The van der Waals surface area contributed by atoms with Gasteiger partial charge in [-0.1, -0.05) is 29.8 Å². The van der Waals surface area contributed by atoms with Gasteiger partial charge in [0.25, 0.3) is 5.56 Å². The molecule has 0 bridgehead atoms. The molecule has 2 aromatic carbocycles. The van der Waals surface area contributed by atoms with Gasteiger partial charge in [-0.05, 0) is 42.3 Å². The zero-order chi connectivity index (χ0) is 19.6. The molecule has 3 aromatic rings. The molecule has 0 amide bonds. The van der Waals surface area contributed by atoms with Crippen LogP contribution in [0.5, 0.6) is 11.5 Å². The summed E-state index contributed by atoms with van der Waals surface area (Å²) in [7, 11) is 1.34. The van der Waals surface area contributed by atoms with Crippen molar-refractivity contribution in [1.82, 2.24) is 9.97 Å². The number of ether oxygens (including phenoxy) is 2. The lowest BCUT2D eigenvalue weighted by atomic mass is 10.1. The van der Waals surface area contributed by atoms with E-state index in [1.807, 2.05) is 13.0 Å². The van der Waals surface area contributed by atoms with Gasteiger partial charge in [-0.25, -0.2) is 4.98 Å². The van der Waals surface area contributed by atoms with Crippen LogP contribution in [0.2, 0.25) is 0 Å². The van der Waals surface area contributed by atoms with Crippen LogP contribution in [0, 0.1) is 6.92 Å². The van der Waals surface area contributed by atoms with Crippen LogP contribution in [0.1, 0.15) is 17.0 Å². The first-order valence-corrected chi connectivity index (χ1v) is 8.27. The number of aryl methyl sites for hydroxylation is 1. The molecular weight excluding hydrogens is 378 g/mol. The minimum Gasteiger partial charge on any atom is -0.493 e. The fourth-order valence-electron chi connectivity index (χ4n) is 2.60. The quantitative estimate of drug-likeness (QED) is 0.690. The maximum absolute atomic E-state index is 12.4. The normalized spacial score (nSPS) is 11.9. The van der Waals surface area contributed by atoms with E-state index in [0.29, 0.717) is 16.5 Å². The summed E-state index contributed by atoms with van der Waals surface area (Å²) < 4.78 is 34.3. The SMILES string of the molecule is COc1cc(/C=C(\Cl)c2nc3c(C)cccc3c(=O)[nH]2)ccc1OC(F)F. The average molecular weight is 393 g/mol. The Bertz CT molecular complexity index is 1080. The van der Waals surface area contributed by atoms with Crippen molar-refractivity contribution >= 4 is 33.6 Å². The van der Waals surface area contributed by atoms with E-state index >= 15 is 0 Å². The van der Waals surface area contributed by atoms with Crippen LogP contribution in [-0.2, 0) is 0 Å². The van der Waals surface area contributed by atoms with Crippen LogP contribution in [0.4, 0.5) is 8.78 Å². The fraction of sp³-hybridized carbons (Fsp3) is 0.158. The van der Waals surface area contributed by atoms with Crippen molar-refractivity contribution in [2.24, 2.45) is 0 Å². The van der Waals surface area contributed by atoms with Crippen LogP contribution in [0.25, 0.3) is 22.0 Å². The first kappa shape index (κ1) is 18.8. The first-order valence-electron chi connectivity index (χ1n) is 7.89. The van der Waals surface area contributed by atoms with Crippen molar-refractivity contribution in [3.63, 3.8) is 0 Å².